The van der Waals surface area contributed by atoms with Crippen molar-refractivity contribution in [3.05, 3.63) is 16.0 Å². The summed E-state index contributed by atoms with van der Waals surface area (Å²) < 4.78 is 0. The van der Waals surface area contributed by atoms with Crippen LogP contribution in [0.3, 0.4) is 0 Å². The van der Waals surface area contributed by atoms with Crippen molar-refractivity contribution in [3.63, 3.8) is 0 Å². The minimum atomic E-state index is -0.0364. The molecule has 62 valence electrons. The number of nitrogen functional groups attached to an aromatic ring is 1. The molecule has 1 heterocycles. The Morgan fingerprint density at radius 1 is 1.67 bits per heavy atom. The Hall–Kier alpha value is -1.34. The first-order chi connectivity index (χ1) is 5.57. The van der Waals surface area contributed by atoms with E-state index in [1.54, 1.807) is 6.92 Å². The molecule has 0 radical (unpaired) electrons. The zero-order valence-corrected chi connectivity index (χ0v) is 7.66. The first kappa shape index (κ1) is 8.75. The molecule has 0 saturated carbocycles. The van der Waals surface area contributed by atoms with E-state index in [0.717, 1.165) is 0 Å². The second-order valence-electron chi connectivity index (χ2n) is 2.46. The maximum absolute atomic E-state index is 11.0. The quantitative estimate of drug-likeness (QED) is 0.669. The molecule has 0 aliphatic rings. The summed E-state index contributed by atoms with van der Waals surface area (Å²) in [5, 5.41) is 9.09. The van der Waals surface area contributed by atoms with E-state index in [1.807, 2.05) is 6.07 Å². The second kappa shape index (κ2) is 2.95. The van der Waals surface area contributed by atoms with Gasteiger partial charge >= 0.3 is 0 Å². The minimum absolute atomic E-state index is 0.0364. The molecule has 4 heteroatoms. The van der Waals surface area contributed by atoms with Crippen molar-refractivity contribution in [2.75, 3.05) is 5.73 Å². The highest BCUT2D eigenvalue weighted by Crippen LogP contribution is 2.29. The molecule has 0 bridgehead atoms. The van der Waals surface area contributed by atoms with Crippen LogP contribution >= 0.6 is 11.3 Å². The van der Waals surface area contributed by atoms with Gasteiger partial charge in [0.15, 0.2) is 5.78 Å². The number of ketones is 1. The monoisotopic (exact) mass is 180 g/mol. The summed E-state index contributed by atoms with van der Waals surface area (Å²) in [6.45, 7) is 3.21. The standard InChI is InChI=1S/C8H8N2OS/c1-4-6(3-9)8(10)12-7(4)5(2)11/h10H2,1-2H3. The Bertz CT molecular complexity index is 373. The summed E-state index contributed by atoms with van der Waals surface area (Å²) in [7, 11) is 0. The van der Waals surface area contributed by atoms with Crippen molar-refractivity contribution in [1.29, 1.82) is 5.26 Å². The van der Waals surface area contributed by atoms with Gasteiger partial charge in [-0.05, 0) is 19.4 Å². The van der Waals surface area contributed by atoms with Crippen molar-refractivity contribution in [2.45, 2.75) is 13.8 Å². The number of nitrogens with zero attached hydrogens (tertiary/aromatic N) is 1. The number of hydrogen-bond donors (Lipinski definition) is 1. The van der Waals surface area contributed by atoms with Crippen LogP contribution in [0, 0.1) is 18.3 Å². The molecule has 0 saturated heterocycles. The fourth-order valence-corrected chi connectivity index (χ4v) is 1.93. The lowest BCUT2D eigenvalue weighted by molar-refractivity contribution is 0.102. The lowest BCUT2D eigenvalue weighted by Crippen LogP contribution is -1.90. The largest absolute Gasteiger partial charge is 0.389 e. The van der Waals surface area contributed by atoms with Crippen molar-refractivity contribution in [1.82, 2.24) is 0 Å². The number of rotatable bonds is 1. The predicted molar refractivity (Wildman–Crippen MR) is 48.2 cm³/mol. The highest BCUT2D eigenvalue weighted by Gasteiger charge is 2.14. The lowest BCUT2D eigenvalue weighted by atomic mass is 10.1. The van der Waals surface area contributed by atoms with Gasteiger partial charge in [0.2, 0.25) is 0 Å². The van der Waals surface area contributed by atoms with Gasteiger partial charge in [-0.1, -0.05) is 0 Å². The first-order valence-electron chi connectivity index (χ1n) is 3.37. The summed E-state index contributed by atoms with van der Waals surface area (Å²) in [5.74, 6) is -0.0364. The summed E-state index contributed by atoms with van der Waals surface area (Å²) in [5.41, 5.74) is 6.67. The van der Waals surface area contributed by atoms with Crippen molar-refractivity contribution in [3.8, 4) is 6.07 Å². The van der Waals surface area contributed by atoms with Gasteiger partial charge in [0.1, 0.15) is 11.1 Å². The fourth-order valence-electron chi connectivity index (χ4n) is 1.01. The number of hydrogen-bond acceptors (Lipinski definition) is 4. The van der Waals surface area contributed by atoms with E-state index >= 15 is 0 Å². The number of thiophene rings is 1. The Labute approximate surface area is 74.4 Å². The molecule has 12 heavy (non-hydrogen) atoms. The maximum atomic E-state index is 11.0. The Balaban J connectivity index is 3.39. The number of nitriles is 1. The highest BCUT2D eigenvalue weighted by atomic mass is 32.1. The van der Waals surface area contributed by atoms with Gasteiger partial charge in [-0.25, -0.2) is 0 Å². The van der Waals surface area contributed by atoms with Crippen LogP contribution in [0.2, 0.25) is 0 Å². The topological polar surface area (TPSA) is 66.9 Å². The molecule has 0 spiro atoms. The van der Waals surface area contributed by atoms with Gasteiger partial charge in [-0.15, -0.1) is 11.3 Å². The Kier molecular flexibility index (Phi) is 2.15. The summed E-state index contributed by atoms with van der Waals surface area (Å²) in [6, 6.07) is 1.97. The molecule has 3 nitrogen and oxygen atoms in total. The average molecular weight is 180 g/mol. The summed E-state index contributed by atoms with van der Waals surface area (Å²) >= 11 is 1.18. The molecule has 0 aliphatic heterocycles. The smallest absolute Gasteiger partial charge is 0.170 e. The van der Waals surface area contributed by atoms with Crippen LogP contribution in [0.4, 0.5) is 5.00 Å². The fraction of sp³-hybridized carbons (Fsp3) is 0.250. The third-order valence-electron chi connectivity index (χ3n) is 1.61. The van der Waals surface area contributed by atoms with Crippen LogP contribution in [-0.2, 0) is 0 Å². The number of carbonyl (C=O) groups excluding carboxylic acids is 1. The Morgan fingerprint density at radius 2 is 2.25 bits per heavy atom. The van der Waals surface area contributed by atoms with E-state index < -0.39 is 0 Å². The van der Waals surface area contributed by atoms with Crippen molar-refractivity contribution < 1.29 is 4.79 Å². The van der Waals surface area contributed by atoms with Crippen LogP contribution in [0.25, 0.3) is 0 Å². The number of Topliss-reactive ketones (excluding diaryl/α,β-unsaturated/α-hetero) is 1. The molecule has 0 amide bonds. The molecular weight excluding hydrogens is 172 g/mol. The molecule has 0 unspecified atom stereocenters. The molecular formula is C8H8N2OS. The minimum Gasteiger partial charge on any atom is -0.389 e. The van der Waals surface area contributed by atoms with Crippen LogP contribution in [0.15, 0.2) is 0 Å². The van der Waals surface area contributed by atoms with Gasteiger partial charge in [-0.3, -0.25) is 4.79 Å². The van der Waals surface area contributed by atoms with E-state index in [-0.39, 0.29) is 5.78 Å². The van der Waals surface area contributed by atoms with Gasteiger partial charge in [0.05, 0.1) is 10.4 Å². The van der Waals surface area contributed by atoms with Gasteiger partial charge in [-0.2, -0.15) is 5.26 Å². The Morgan fingerprint density at radius 3 is 2.50 bits per heavy atom. The van der Waals surface area contributed by atoms with Gasteiger partial charge in [0.25, 0.3) is 0 Å². The summed E-state index contributed by atoms with van der Waals surface area (Å²) in [4.78, 5) is 11.6. The molecule has 0 aliphatic carbocycles. The molecule has 0 fully saturated rings. The normalized spacial score (nSPS) is 9.42. The molecule has 0 atom stereocenters. The first-order valence-corrected chi connectivity index (χ1v) is 4.19. The average Bonchev–Trinajstić information content (AvgIpc) is 2.27. The summed E-state index contributed by atoms with van der Waals surface area (Å²) in [6.07, 6.45) is 0. The highest BCUT2D eigenvalue weighted by molar-refractivity contribution is 7.18. The predicted octanol–water partition coefficient (Wildman–Crippen LogP) is 1.71. The molecule has 1 aromatic rings. The lowest BCUT2D eigenvalue weighted by Gasteiger charge is -1.89. The van der Waals surface area contributed by atoms with E-state index in [9.17, 15) is 4.79 Å². The van der Waals surface area contributed by atoms with E-state index in [4.69, 9.17) is 11.0 Å². The van der Waals surface area contributed by atoms with E-state index in [0.29, 0.717) is 21.0 Å². The SMILES string of the molecule is CC(=O)c1sc(N)c(C#N)c1C. The number of anilines is 1. The zero-order valence-electron chi connectivity index (χ0n) is 6.84. The van der Waals surface area contributed by atoms with Gasteiger partial charge in [0, 0.05) is 0 Å². The van der Waals surface area contributed by atoms with Crippen molar-refractivity contribution in [2.24, 2.45) is 0 Å². The van der Waals surface area contributed by atoms with Crippen LogP contribution in [0.1, 0.15) is 27.7 Å². The van der Waals surface area contributed by atoms with Crippen LogP contribution in [0.5, 0.6) is 0 Å². The van der Waals surface area contributed by atoms with Gasteiger partial charge < -0.3 is 5.73 Å². The van der Waals surface area contributed by atoms with Crippen molar-refractivity contribution >= 4 is 22.1 Å². The second-order valence-corrected chi connectivity index (χ2v) is 3.52. The zero-order chi connectivity index (χ0) is 9.30. The molecule has 2 N–H and O–H groups in total. The van der Waals surface area contributed by atoms with E-state index in [2.05, 4.69) is 0 Å². The van der Waals surface area contributed by atoms with Crippen LogP contribution in [-0.4, -0.2) is 5.78 Å². The molecule has 0 aromatic carbocycles. The van der Waals surface area contributed by atoms with E-state index in [1.165, 1.54) is 18.3 Å². The third kappa shape index (κ3) is 1.19. The molecule has 1 rings (SSSR count). The maximum Gasteiger partial charge on any atom is 0.170 e. The molecule has 1 aromatic heterocycles. The third-order valence-corrected chi connectivity index (χ3v) is 2.83. The number of nitrogens with two attached hydrogens (primary N) is 1. The van der Waals surface area contributed by atoms with Crippen LogP contribution < -0.4 is 5.73 Å². The number of carbonyl (C=O) groups is 1.